The van der Waals surface area contributed by atoms with Gasteiger partial charge < -0.3 is 9.47 Å². The molecule has 150 valence electrons. The topological polar surface area (TPSA) is 66.8 Å². The molecular weight excluding hydrogens is 362 g/mol. The molecule has 1 aliphatic carbocycles. The molecule has 3 heterocycles. The smallest absolute Gasteiger partial charge is 0.230 e. The van der Waals surface area contributed by atoms with Crippen molar-refractivity contribution in [3.05, 3.63) is 60.4 Å². The Bertz CT molecular complexity index is 985. The second-order valence-electron chi connectivity index (χ2n) is 8.67. The van der Waals surface area contributed by atoms with Crippen molar-refractivity contribution in [3.63, 3.8) is 0 Å². The summed E-state index contributed by atoms with van der Waals surface area (Å²) in [5, 5.41) is 7.58. The number of aromatic nitrogens is 4. The van der Waals surface area contributed by atoms with Gasteiger partial charge in [-0.2, -0.15) is 5.10 Å². The Morgan fingerprint density at radius 3 is 2.83 bits per heavy atom. The van der Waals surface area contributed by atoms with E-state index in [4.69, 9.17) is 0 Å². The van der Waals surface area contributed by atoms with Crippen molar-refractivity contribution in [1.29, 1.82) is 0 Å². The van der Waals surface area contributed by atoms with Crippen LogP contribution in [0.4, 0.5) is 0 Å². The maximum atomic E-state index is 13.4. The van der Waals surface area contributed by atoms with Crippen LogP contribution in [0.3, 0.4) is 0 Å². The summed E-state index contributed by atoms with van der Waals surface area (Å²) in [4.78, 5) is 19.6. The van der Waals surface area contributed by atoms with Gasteiger partial charge in [-0.05, 0) is 38.2 Å². The summed E-state index contributed by atoms with van der Waals surface area (Å²) in [6.07, 6.45) is 11.5. The normalized spacial score (nSPS) is 20.6. The number of carbonyl (C=O) groups is 1. The first kappa shape index (κ1) is 18.2. The Balaban J connectivity index is 1.33. The third-order valence-corrected chi connectivity index (χ3v) is 6.50. The van der Waals surface area contributed by atoms with Crippen LogP contribution in [0.5, 0.6) is 0 Å². The Kier molecular flexibility index (Phi) is 4.49. The Hall–Kier alpha value is -2.89. The van der Waals surface area contributed by atoms with Gasteiger partial charge in [-0.25, -0.2) is 4.98 Å². The number of nitrogens with zero attached hydrogens (tertiary/aromatic N) is 4. The van der Waals surface area contributed by atoms with Crippen molar-refractivity contribution >= 4 is 5.91 Å². The summed E-state index contributed by atoms with van der Waals surface area (Å²) in [6.45, 7) is 4.47. The van der Waals surface area contributed by atoms with Crippen molar-refractivity contribution in [2.75, 3.05) is 13.1 Å². The Morgan fingerprint density at radius 1 is 1.28 bits per heavy atom. The minimum Gasteiger partial charge on any atom is -0.341 e. The number of benzene rings is 1. The summed E-state index contributed by atoms with van der Waals surface area (Å²) in [6, 6.07) is 8.57. The molecule has 5 rings (SSSR count). The Morgan fingerprint density at radius 2 is 2.10 bits per heavy atom. The minimum absolute atomic E-state index is 0.226. The van der Waals surface area contributed by atoms with Gasteiger partial charge in [-0.3, -0.25) is 9.89 Å². The maximum Gasteiger partial charge on any atom is 0.230 e. The third kappa shape index (κ3) is 3.48. The predicted octanol–water partition coefficient (Wildman–Crippen LogP) is 3.77. The second kappa shape index (κ2) is 7.17. The molecular formula is C23H27N5O. The van der Waals surface area contributed by atoms with E-state index in [1.807, 2.05) is 23.3 Å². The highest BCUT2D eigenvalue weighted by Crippen LogP contribution is 2.49. The summed E-state index contributed by atoms with van der Waals surface area (Å²) in [5.74, 6) is 0.614. The lowest BCUT2D eigenvalue weighted by molar-refractivity contribution is -0.138. The van der Waals surface area contributed by atoms with E-state index in [1.165, 1.54) is 11.1 Å². The van der Waals surface area contributed by atoms with E-state index in [-0.39, 0.29) is 5.41 Å². The van der Waals surface area contributed by atoms with Gasteiger partial charge >= 0.3 is 0 Å². The second-order valence-corrected chi connectivity index (χ2v) is 8.67. The molecule has 6 nitrogen and oxygen atoms in total. The summed E-state index contributed by atoms with van der Waals surface area (Å²) in [5.41, 5.74) is 4.52. The molecule has 3 aromatic rings. The van der Waals surface area contributed by atoms with E-state index in [1.54, 1.807) is 6.20 Å². The Labute approximate surface area is 171 Å². The van der Waals surface area contributed by atoms with Crippen LogP contribution in [0.2, 0.25) is 0 Å². The zero-order valence-corrected chi connectivity index (χ0v) is 16.8. The fourth-order valence-corrected chi connectivity index (χ4v) is 4.62. The van der Waals surface area contributed by atoms with E-state index >= 15 is 0 Å². The van der Waals surface area contributed by atoms with Crippen LogP contribution in [0.1, 0.15) is 42.9 Å². The van der Waals surface area contributed by atoms with Crippen LogP contribution in [0.25, 0.3) is 11.1 Å². The molecule has 1 saturated carbocycles. The number of amides is 1. The van der Waals surface area contributed by atoms with Gasteiger partial charge in [0.15, 0.2) is 0 Å². The predicted molar refractivity (Wildman–Crippen MR) is 111 cm³/mol. The molecule has 29 heavy (non-hydrogen) atoms. The van der Waals surface area contributed by atoms with E-state index in [0.29, 0.717) is 11.8 Å². The van der Waals surface area contributed by atoms with Gasteiger partial charge in [-0.1, -0.05) is 29.8 Å². The quantitative estimate of drug-likeness (QED) is 0.722. The van der Waals surface area contributed by atoms with Gasteiger partial charge in [0.05, 0.1) is 17.9 Å². The number of aryl methyl sites for hydroxylation is 1. The van der Waals surface area contributed by atoms with Crippen molar-refractivity contribution in [3.8, 4) is 11.1 Å². The number of piperidine rings is 1. The van der Waals surface area contributed by atoms with Crippen molar-refractivity contribution < 1.29 is 4.79 Å². The first-order valence-electron chi connectivity index (χ1n) is 10.5. The maximum absolute atomic E-state index is 13.4. The van der Waals surface area contributed by atoms with E-state index in [9.17, 15) is 4.79 Å². The summed E-state index contributed by atoms with van der Waals surface area (Å²) < 4.78 is 2.04. The number of rotatable bonds is 5. The molecule has 6 heteroatoms. The highest BCUT2D eigenvalue weighted by molar-refractivity contribution is 5.85. The largest absolute Gasteiger partial charge is 0.341 e. The molecule has 2 fully saturated rings. The van der Waals surface area contributed by atoms with Crippen LogP contribution in [-0.2, 0) is 11.3 Å². The average molecular weight is 390 g/mol. The fraction of sp³-hybridized carbons (Fsp3) is 0.435. The van der Waals surface area contributed by atoms with E-state index in [0.717, 1.165) is 56.6 Å². The molecule has 0 unspecified atom stereocenters. The molecule has 2 aliphatic rings. The van der Waals surface area contributed by atoms with Crippen molar-refractivity contribution in [1.82, 2.24) is 24.6 Å². The lowest BCUT2D eigenvalue weighted by atomic mass is 9.89. The zero-order valence-electron chi connectivity index (χ0n) is 16.8. The highest BCUT2D eigenvalue weighted by Gasteiger charge is 2.52. The summed E-state index contributed by atoms with van der Waals surface area (Å²) >= 11 is 0. The number of likely N-dealkylation sites (tertiary alicyclic amines) is 1. The van der Waals surface area contributed by atoms with Crippen LogP contribution < -0.4 is 0 Å². The number of nitrogens with one attached hydrogen (secondary N) is 1. The lowest BCUT2D eigenvalue weighted by Crippen LogP contribution is -2.44. The van der Waals surface area contributed by atoms with Crippen LogP contribution in [0, 0.1) is 12.3 Å². The van der Waals surface area contributed by atoms with Gasteiger partial charge in [0.1, 0.15) is 0 Å². The first-order valence-corrected chi connectivity index (χ1v) is 10.5. The first-order chi connectivity index (χ1) is 14.1. The number of hydrogen-bond donors (Lipinski definition) is 1. The molecule has 0 radical (unpaired) electrons. The molecule has 0 bridgehead atoms. The van der Waals surface area contributed by atoms with Gasteiger partial charge in [0.25, 0.3) is 0 Å². The molecule has 1 atom stereocenters. The monoisotopic (exact) mass is 389 g/mol. The fourth-order valence-electron chi connectivity index (χ4n) is 4.62. The standard InChI is InChI=1S/C23H27N5O/c1-17-4-6-18(7-5-17)20-13-25-26-21(20)19-3-2-11-28(14-19)22(29)23(8-9-23)15-27-12-10-24-16-27/h4-7,10,12-13,16,19H,2-3,8-9,11,14-15H2,1H3,(H,25,26)/t19-/m0/s1. The molecule has 1 aliphatic heterocycles. The molecule has 1 amide bonds. The van der Waals surface area contributed by atoms with Gasteiger partial charge in [0.2, 0.25) is 5.91 Å². The van der Waals surface area contributed by atoms with Crippen LogP contribution >= 0.6 is 0 Å². The third-order valence-electron chi connectivity index (χ3n) is 6.50. The van der Waals surface area contributed by atoms with E-state index in [2.05, 4.69) is 51.3 Å². The highest BCUT2D eigenvalue weighted by atomic mass is 16.2. The number of hydrogen-bond acceptors (Lipinski definition) is 3. The van der Waals surface area contributed by atoms with E-state index < -0.39 is 0 Å². The molecule has 0 spiro atoms. The molecule has 1 N–H and O–H groups in total. The number of imidazole rings is 1. The number of H-pyrrole nitrogens is 1. The number of carbonyl (C=O) groups excluding carboxylic acids is 1. The van der Waals surface area contributed by atoms with Gasteiger partial charge in [-0.15, -0.1) is 0 Å². The van der Waals surface area contributed by atoms with Crippen LogP contribution in [0.15, 0.2) is 49.2 Å². The average Bonchev–Trinajstić information content (AvgIpc) is 3.13. The molecule has 2 aromatic heterocycles. The molecule has 1 aromatic carbocycles. The molecule has 1 saturated heterocycles. The summed E-state index contributed by atoms with van der Waals surface area (Å²) in [7, 11) is 0. The van der Waals surface area contributed by atoms with Gasteiger partial charge in [0, 0.05) is 49.2 Å². The SMILES string of the molecule is Cc1ccc(-c2cn[nH]c2[C@H]2CCCN(C(=O)C3(Cn4ccnc4)CC3)C2)cc1. The van der Waals surface area contributed by atoms with Crippen molar-refractivity contribution in [2.24, 2.45) is 5.41 Å². The van der Waals surface area contributed by atoms with Crippen LogP contribution in [-0.4, -0.2) is 43.6 Å². The number of aromatic amines is 1. The van der Waals surface area contributed by atoms with Crippen molar-refractivity contribution in [2.45, 2.75) is 45.1 Å². The lowest BCUT2D eigenvalue weighted by Gasteiger charge is -2.35. The zero-order chi connectivity index (χ0) is 19.8. The minimum atomic E-state index is -0.226.